The molecule has 0 saturated carbocycles. The van der Waals surface area contributed by atoms with Gasteiger partial charge >= 0.3 is 0 Å². The van der Waals surface area contributed by atoms with E-state index in [0.717, 1.165) is 31.7 Å². The molecule has 29 heavy (non-hydrogen) atoms. The number of nitrogens with zero attached hydrogens (tertiary/aromatic N) is 3. The Labute approximate surface area is 168 Å². The number of carbonyl (C=O) groups is 1. The van der Waals surface area contributed by atoms with Gasteiger partial charge in [-0.15, -0.1) is 0 Å². The smallest absolute Gasteiger partial charge is 0.272 e. The second-order valence-electron chi connectivity index (χ2n) is 7.74. The van der Waals surface area contributed by atoms with E-state index in [1.807, 2.05) is 19.9 Å². The van der Waals surface area contributed by atoms with Crippen molar-refractivity contribution >= 4 is 11.6 Å². The van der Waals surface area contributed by atoms with Gasteiger partial charge < -0.3 is 10.1 Å². The molecule has 0 aromatic carbocycles. The van der Waals surface area contributed by atoms with Gasteiger partial charge in [0.05, 0.1) is 11.7 Å². The Morgan fingerprint density at radius 3 is 2.66 bits per heavy atom. The SMILES string of the molecule is CC(C)[C@H](NC(=O)c1ccncc1)c1cc(=O)n2[nH]c(C3CCOCC3)cc2n1. The van der Waals surface area contributed by atoms with Gasteiger partial charge in [-0.2, -0.15) is 0 Å². The standard InChI is InChI=1S/C21H25N5O3/c1-13(2)20(24-21(28)15-3-7-22-8-4-15)17-12-19(27)26-18(23-17)11-16(25-26)14-5-9-29-10-6-14/h3-4,7-8,11-14,20,25H,5-6,9-10H2,1-2H3,(H,24,28)/t20-/m0/s1. The van der Waals surface area contributed by atoms with Crippen LogP contribution in [0.3, 0.4) is 0 Å². The average Bonchev–Trinajstić information content (AvgIpc) is 3.18. The predicted molar refractivity (Wildman–Crippen MR) is 108 cm³/mol. The highest BCUT2D eigenvalue weighted by atomic mass is 16.5. The molecular weight excluding hydrogens is 370 g/mol. The van der Waals surface area contributed by atoms with Crippen molar-refractivity contribution in [2.45, 2.75) is 38.6 Å². The molecule has 1 aliphatic heterocycles. The van der Waals surface area contributed by atoms with Gasteiger partial charge in [0.25, 0.3) is 11.5 Å². The fourth-order valence-electron chi connectivity index (χ4n) is 3.72. The largest absolute Gasteiger partial charge is 0.381 e. The maximum absolute atomic E-state index is 12.7. The molecule has 4 rings (SSSR count). The monoisotopic (exact) mass is 395 g/mol. The van der Waals surface area contributed by atoms with Crippen molar-refractivity contribution in [2.24, 2.45) is 5.92 Å². The number of hydrogen-bond acceptors (Lipinski definition) is 5. The van der Waals surface area contributed by atoms with Crippen LogP contribution in [0.5, 0.6) is 0 Å². The van der Waals surface area contributed by atoms with E-state index in [2.05, 4.69) is 15.4 Å². The van der Waals surface area contributed by atoms with Crippen LogP contribution in [0.4, 0.5) is 0 Å². The first-order valence-corrected chi connectivity index (χ1v) is 9.94. The summed E-state index contributed by atoms with van der Waals surface area (Å²) in [5.74, 6) is 0.176. The molecule has 2 N–H and O–H groups in total. The lowest BCUT2D eigenvalue weighted by atomic mass is 9.97. The van der Waals surface area contributed by atoms with Crippen LogP contribution in [0.25, 0.3) is 5.65 Å². The van der Waals surface area contributed by atoms with Gasteiger partial charge in [0, 0.05) is 54.9 Å². The summed E-state index contributed by atoms with van der Waals surface area (Å²) in [5.41, 5.74) is 2.46. The molecule has 0 unspecified atom stereocenters. The maximum atomic E-state index is 12.7. The zero-order chi connectivity index (χ0) is 20.4. The van der Waals surface area contributed by atoms with Crippen molar-refractivity contribution in [1.82, 2.24) is 24.9 Å². The van der Waals surface area contributed by atoms with E-state index in [4.69, 9.17) is 9.72 Å². The number of fused-ring (bicyclic) bond motifs is 1. The highest BCUT2D eigenvalue weighted by Gasteiger charge is 2.23. The molecule has 152 valence electrons. The van der Waals surface area contributed by atoms with Gasteiger partial charge in [-0.1, -0.05) is 13.8 Å². The first kappa shape index (κ1) is 19.3. The van der Waals surface area contributed by atoms with Gasteiger partial charge in [0.1, 0.15) is 0 Å². The minimum Gasteiger partial charge on any atom is -0.381 e. The van der Waals surface area contributed by atoms with Crippen LogP contribution >= 0.6 is 0 Å². The van der Waals surface area contributed by atoms with Crippen LogP contribution in [0, 0.1) is 5.92 Å². The first-order chi connectivity index (χ1) is 14.0. The van der Waals surface area contributed by atoms with Crippen LogP contribution in [0.2, 0.25) is 0 Å². The van der Waals surface area contributed by atoms with Crippen molar-refractivity contribution in [2.75, 3.05) is 13.2 Å². The molecule has 3 aromatic rings. The summed E-state index contributed by atoms with van der Waals surface area (Å²) in [6.45, 7) is 5.44. The summed E-state index contributed by atoms with van der Waals surface area (Å²) < 4.78 is 6.90. The predicted octanol–water partition coefficient (Wildman–Crippen LogP) is 2.44. The van der Waals surface area contributed by atoms with Crippen molar-refractivity contribution in [3.05, 3.63) is 64.0 Å². The molecule has 4 heterocycles. The molecule has 0 radical (unpaired) electrons. The maximum Gasteiger partial charge on any atom is 0.272 e. The zero-order valence-electron chi connectivity index (χ0n) is 16.6. The molecule has 1 amide bonds. The number of aromatic amines is 1. The Balaban J connectivity index is 1.65. The summed E-state index contributed by atoms with van der Waals surface area (Å²) in [5, 5.41) is 6.19. The average molecular weight is 395 g/mol. The molecule has 1 fully saturated rings. The molecule has 0 spiro atoms. The Kier molecular flexibility index (Phi) is 5.44. The van der Waals surface area contributed by atoms with Crippen molar-refractivity contribution in [3.8, 4) is 0 Å². The highest BCUT2D eigenvalue weighted by Crippen LogP contribution is 2.26. The van der Waals surface area contributed by atoms with Crippen LogP contribution in [-0.2, 0) is 4.74 Å². The number of amides is 1. The molecule has 3 aromatic heterocycles. The third-order valence-corrected chi connectivity index (χ3v) is 5.37. The van der Waals surface area contributed by atoms with E-state index in [-0.39, 0.29) is 23.4 Å². The number of pyridine rings is 1. The van der Waals surface area contributed by atoms with E-state index >= 15 is 0 Å². The van der Waals surface area contributed by atoms with Crippen molar-refractivity contribution < 1.29 is 9.53 Å². The number of rotatable bonds is 5. The summed E-state index contributed by atoms with van der Waals surface area (Å²) in [4.78, 5) is 34.0. The van der Waals surface area contributed by atoms with Crippen LogP contribution in [0.15, 0.2) is 41.5 Å². The first-order valence-electron chi connectivity index (χ1n) is 9.94. The lowest BCUT2D eigenvalue weighted by molar-refractivity contribution is 0.0844. The molecule has 1 atom stereocenters. The second kappa shape index (κ2) is 8.16. The number of H-pyrrole nitrogens is 1. The minimum atomic E-state index is -0.380. The lowest BCUT2D eigenvalue weighted by Crippen LogP contribution is -2.33. The van der Waals surface area contributed by atoms with Crippen LogP contribution in [-0.4, -0.2) is 38.7 Å². The summed E-state index contributed by atoms with van der Waals surface area (Å²) in [7, 11) is 0. The van der Waals surface area contributed by atoms with E-state index in [0.29, 0.717) is 22.8 Å². The molecular formula is C21H25N5O3. The Bertz CT molecular complexity index is 1050. The molecule has 0 bridgehead atoms. The number of aromatic nitrogens is 4. The van der Waals surface area contributed by atoms with Crippen molar-refractivity contribution in [3.63, 3.8) is 0 Å². The normalized spacial score (nSPS) is 16.2. The Hall–Kier alpha value is -3.00. The Morgan fingerprint density at radius 2 is 1.97 bits per heavy atom. The van der Waals surface area contributed by atoms with E-state index in [1.54, 1.807) is 24.5 Å². The second-order valence-corrected chi connectivity index (χ2v) is 7.74. The van der Waals surface area contributed by atoms with Gasteiger partial charge in [-0.05, 0) is 30.9 Å². The summed E-state index contributed by atoms with van der Waals surface area (Å²) in [6.07, 6.45) is 5.00. The Morgan fingerprint density at radius 1 is 1.24 bits per heavy atom. The number of ether oxygens (including phenoxy) is 1. The van der Waals surface area contributed by atoms with Gasteiger partial charge in [-0.3, -0.25) is 19.7 Å². The summed E-state index contributed by atoms with van der Waals surface area (Å²) in [6, 6.07) is 6.36. The number of nitrogens with one attached hydrogen (secondary N) is 2. The van der Waals surface area contributed by atoms with E-state index < -0.39 is 0 Å². The number of carbonyl (C=O) groups excluding carboxylic acids is 1. The van der Waals surface area contributed by atoms with Gasteiger partial charge in [0.15, 0.2) is 5.65 Å². The van der Waals surface area contributed by atoms with Gasteiger partial charge in [-0.25, -0.2) is 9.50 Å². The van der Waals surface area contributed by atoms with E-state index in [9.17, 15) is 9.59 Å². The quantitative estimate of drug-likeness (QED) is 0.691. The van der Waals surface area contributed by atoms with Crippen LogP contribution in [0.1, 0.15) is 60.4 Å². The number of hydrogen-bond donors (Lipinski definition) is 2. The van der Waals surface area contributed by atoms with Crippen LogP contribution < -0.4 is 10.9 Å². The van der Waals surface area contributed by atoms with E-state index in [1.165, 1.54) is 10.6 Å². The third kappa shape index (κ3) is 4.07. The molecule has 1 saturated heterocycles. The van der Waals surface area contributed by atoms with Crippen molar-refractivity contribution in [1.29, 1.82) is 0 Å². The zero-order valence-corrected chi connectivity index (χ0v) is 16.6. The molecule has 8 heteroatoms. The molecule has 8 nitrogen and oxygen atoms in total. The van der Waals surface area contributed by atoms with Gasteiger partial charge in [0.2, 0.25) is 0 Å². The highest BCUT2D eigenvalue weighted by molar-refractivity contribution is 5.94. The summed E-state index contributed by atoms with van der Waals surface area (Å²) >= 11 is 0. The fourth-order valence-corrected chi connectivity index (χ4v) is 3.72. The molecule has 0 aliphatic carbocycles. The minimum absolute atomic E-state index is 0.0593. The lowest BCUT2D eigenvalue weighted by Gasteiger charge is -2.22. The third-order valence-electron chi connectivity index (χ3n) is 5.37. The fraction of sp³-hybridized carbons (Fsp3) is 0.429. The topological polar surface area (TPSA) is 101 Å². The molecule has 1 aliphatic rings.